The number of carbonyl (C=O) groups is 2. The maximum atomic E-state index is 12.5. The Balaban J connectivity index is 0.00000182. The first kappa shape index (κ1) is 23.7. The standard InChI is InChI=1S/C19H28N4O2.2ClH/c1-22-11-13-23(14-12-22)17(24)15-5-7-16(8-6-15)21-18(25)19(20)9-3-2-4-10-19;;/h5-8H,2-4,9-14,20H2,1H3,(H,21,25);2*1H. The van der Waals surface area contributed by atoms with Gasteiger partial charge in [0.15, 0.2) is 0 Å². The Bertz CT molecular complexity index is 625. The zero-order valence-electron chi connectivity index (χ0n) is 15.8. The maximum Gasteiger partial charge on any atom is 0.253 e. The minimum absolute atomic E-state index is 0. The summed E-state index contributed by atoms with van der Waals surface area (Å²) >= 11 is 0. The van der Waals surface area contributed by atoms with Gasteiger partial charge in [0.05, 0.1) is 5.54 Å². The van der Waals surface area contributed by atoms with Crippen molar-refractivity contribution in [3.63, 3.8) is 0 Å². The fourth-order valence-electron chi connectivity index (χ4n) is 3.55. The number of piperazine rings is 1. The molecule has 3 N–H and O–H groups in total. The van der Waals surface area contributed by atoms with Crippen LogP contribution < -0.4 is 11.1 Å². The van der Waals surface area contributed by atoms with Crippen molar-refractivity contribution in [1.82, 2.24) is 9.80 Å². The number of hydrogen-bond donors (Lipinski definition) is 2. The highest BCUT2D eigenvalue weighted by Gasteiger charge is 2.35. The number of rotatable bonds is 3. The molecule has 0 aromatic heterocycles. The highest BCUT2D eigenvalue weighted by molar-refractivity contribution is 5.99. The zero-order chi connectivity index (χ0) is 17.9. The van der Waals surface area contributed by atoms with E-state index in [1.165, 1.54) is 0 Å². The molecule has 0 radical (unpaired) electrons. The second kappa shape index (κ2) is 10.3. The molecule has 0 atom stereocenters. The molecule has 1 heterocycles. The number of likely N-dealkylation sites (N-methyl/N-ethyl adjacent to an activating group) is 1. The number of hydrogen-bond acceptors (Lipinski definition) is 4. The van der Waals surface area contributed by atoms with Crippen LogP contribution in [-0.2, 0) is 4.79 Å². The van der Waals surface area contributed by atoms with Gasteiger partial charge in [-0.05, 0) is 44.2 Å². The molecule has 152 valence electrons. The van der Waals surface area contributed by atoms with E-state index in [1.54, 1.807) is 24.3 Å². The predicted molar refractivity (Wildman–Crippen MR) is 113 cm³/mol. The lowest BCUT2D eigenvalue weighted by molar-refractivity contribution is -0.122. The fourth-order valence-corrected chi connectivity index (χ4v) is 3.55. The van der Waals surface area contributed by atoms with E-state index in [-0.39, 0.29) is 36.6 Å². The zero-order valence-corrected chi connectivity index (χ0v) is 17.4. The van der Waals surface area contributed by atoms with E-state index in [1.807, 2.05) is 4.90 Å². The van der Waals surface area contributed by atoms with Gasteiger partial charge in [0.2, 0.25) is 5.91 Å². The van der Waals surface area contributed by atoms with Crippen molar-refractivity contribution in [3.8, 4) is 0 Å². The molecule has 1 aliphatic heterocycles. The first-order valence-corrected chi connectivity index (χ1v) is 9.16. The molecule has 1 aliphatic carbocycles. The van der Waals surface area contributed by atoms with Crippen LogP contribution in [0.4, 0.5) is 5.69 Å². The minimum atomic E-state index is -0.757. The Kier molecular flexibility index (Phi) is 9.02. The maximum absolute atomic E-state index is 12.5. The SMILES string of the molecule is CN1CCN(C(=O)c2ccc(NC(=O)C3(N)CCCCC3)cc2)CC1.Cl.Cl. The van der Waals surface area contributed by atoms with Gasteiger partial charge in [0.1, 0.15) is 0 Å². The molecule has 8 heteroatoms. The monoisotopic (exact) mass is 416 g/mol. The summed E-state index contributed by atoms with van der Waals surface area (Å²) in [5, 5.41) is 2.91. The summed E-state index contributed by atoms with van der Waals surface area (Å²) in [6.07, 6.45) is 4.62. The molecule has 6 nitrogen and oxygen atoms in total. The van der Waals surface area contributed by atoms with E-state index in [9.17, 15) is 9.59 Å². The highest BCUT2D eigenvalue weighted by Crippen LogP contribution is 2.27. The summed E-state index contributed by atoms with van der Waals surface area (Å²) in [5.74, 6) is -0.0705. The van der Waals surface area contributed by atoms with E-state index in [0.29, 0.717) is 11.3 Å². The Morgan fingerprint density at radius 3 is 2.07 bits per heavy atom. The molecular formula is C19H30Cl2N4O2. The highest BCUT2D eigenvalue weighted by atomic mass is 35.5. The van der Waals surface area contributed by atoms with Crippen LogP contribution in [0.15, 0.2) is 24.3 Å². The first-order valence-electron chi connectivity index (χ1n) is 9.16. The van der Waals surface area contributed by atoms with Crippen molar-refractivity contribution in [2.24, 2.45) is 5.73 Å². The number of nitrogens with zero attached hydrogens (tertiary/aromatic N) is 2. The Morgan fingerprint density at radius 2 is 1.52 bits per heavy atom. The third-order valence-corrected chi connectivity index (χ3v) is 5.38. The predicted octanol–water partition coefficient (Wildman–Crippen LogP) is 2.52. The molecule has 2 fully saturated rings. The summed E-state index contributed by atoms with van der Waals surface area (Å²) in [5.41, 5.74) is 6.85. The Hall–Kier alpha value is -1.34. The molecule has 27 heavy (non-hydrogen) atoms. The van der Waals surface area contributed by atoms with Crippen LogP contribution in [0.25, 0.3) is 0 Å². The lowest BCUT2D eigenvalue weighted by Gasteiger charge is -2.32. The minimum Gasteiger partial charge on any atom is -0.336 e. The van der Waals surface area contributed by atoms with Crippen LogP contribution in [-0.4, -0.2) is 60.4 Å². The second-order valence-corrected chi connectivity index (χ2v) is 7.34. The number of halogens is 2. The first-order chi connectivity index (χ1) is 12.0. The topological polar surface area (TPSA) is 78.7 Å². The van der Waals surface area contributed by atoms with E-state index < -0.39 is 5.54 Å². The molecule has 2 amide bonds. The summed E-state index contributed by atoms with van der Waals surface area (Å²) < 4.78 is 0. The molecule has 0 bridgehead atoms. The average molecular weight is 417 g/mol. The van der Waals surface area contributed by atoms with Crippen LogP contribution in [0.5, 0.6) is 0 Å². The molecular weight excluding hydrogens is 387 g/mol. The van der Waals surface area contributed by atoms with Crippen LogP contribution >= 0.6 is 24.8 Å². The molecule has 1 aromatic carbocycles. The lowest BCUT2D eigenvalue weighted by Crippen LogP contribution is -2.52. The number of anilines is 1. The molecule has 1 saturated heterocycles. The quantitative estimate of drug-likeness (QED) is 0.792. The van der Waals surface area contributed by atoms with Gasteiger partial charge in [-0.15, -0.1) is 24.8 Å². The van der Waals surface area contributed by atoms with Gasteiger partial charge in [-0.1, -0.05) is 19.3 Å². The molecule has 1 aromatic rings. The number of carbonyl (C=O) groups excluding carboxylic acids is 2. The van der Waals surface area contributed by atoms with Crippen LogP contribution in [0.1, 0.15) is 42.5 Å². The van der Waals surface area contributed by atoms with Crippen molar-refractivity contribution >= 4 is 42.3 Å². The van der Waals surface area contributed by atoms with Gasteiger partial charge in [0, 0.05) is 37.4 Å². The van der Waals surface area contributed by atoms with E-state index >= 15 is 0 Å². The molecule has 3 rings (SSSR count). The van der Waals surface area contributed by atoms with Crippen molar-refractivity contribution in [2.45, 2.75) is 37.6 Å². The third kappa shape index (κ3) is 5.82. The average Bonchev–Trinajstić information content (AvgIpc) is 2.63. The van der Waals surface area contributed by atoms with Crippen molar-refractivity contribution in [3.05, 3.63) is 29.8 Å². The number of benzene rings is 1. The van der Waals surface area contributed by atoms with Gasteiger partial charge in [-0.2, -0.15) is 0 Å². The summed E-state index contributed by atoms with van der Waals surface area (Å²) in [7, 11) is 2.07. The van der Waals surface area contributed by atoms with Gasteiger partial charge in [-0.3, -0.25) is 9.59 Å². The second-order valence-electron chi connectivity index (χ2n) is 7.34. The Morgan fingerprint density at radius 1 is 0.963 bits per heavy atom. The third-order valence-electron chi connectivity index (χ3n) is 5.38. The number of nitrogens with two attached hydrogens (primary N) is 1. The van der Waals surface area contributed by atoms with Crippen molar-refractivity contribution in [1.29, 1.82) is 0 Å². The lowest BCUT2D eigenvalue weighted by atomic mass is 9.82. The number of nitrogens with one attached hydrogen (secondary N) is 1. The van der Waals surface area contributed by atoms with Crippen LogP contribution in [0.3, 0.4) is 0 Å². The van der Waals surface area contributed by atoms with Crippen LogP contribution in [0.2, 0.25) is 0 Å². The van der Waals surface area contributed by atoms with Crippen molar-refractivity contribution in [2.75, 3.05) is 38.5 Å². The number of amides is 2. The summed E-state index contributed by atoms with van der Waals surface area (Å²) in [6, 6.07) is 7.13. The Labute approximate surface area is 173 Å². The largest absolute Gasteiger partial charge is 0.336 e. The van der Waals surface area contributed by atoms with Crippen molar-refractivity contribution < 1.29 is 9.59 Å². The molecule has 0 unspecified atom stereocenters. The fraction of sp³-hybridized carbons (Fsp3) is 0.579. The summed E-state index contributed by atoms with van der Waals surface area (Å²) in [4.78, 5) is 29.1. The van der Waals surface area contributed by atoms with Gasteiger partial charge in [0.25, 0.3) is 5.91 Å². The molecule has 2 aliphatic rings. The molecule has 1 saturated carbocycles. The van der Waals surface area contributed by atoms with E-state index in [4.69, 9.17) is 5.73 Å². The van der Waals surface area contributed by atoms with Gasteiger partial charge in [-0.25, -0.2) is 0 Å². The van der Waals surface area contributed by atoms with Crippen LogP contribution in [0, 0.1) is 0 Å². The normalized spacial score (nSPS) is 19.4. The van der Waals surface area contributed by atoms with Gasteiger partial charge >= 0.3 is 0 Å². The molecule has 0 spiro atoms. The van der Waals surface area contributed by atoms with E-state index in [2.05, 4.69) is 17.3 Å². The summed E-state index contributed by atoms with van der Waals surface area (Å²) in [6.45, 7) is 3.31. The smallest absolute Gasteiger partial charge is 0.253 e. The van der Waals surface area contributed by atoms with E-state index in [0.717, 1.165) is 58.3 Å². The van der Waals surface area contributed by atoms with Gasteiger partial charge < -0.3 is 20.9 Å².